The quantitative estimate of drug-likeness (QED) is 0.505. The van der Waals surface area contributed by atoms with Crippen LogP contribution in [-0.2, 0) is 6.54 Å². The highest BCUT2D eigenvalue weighted by Gasteiger charge is 2.26. The molecule has 3 aromatic heterocycles. The fourth-order valence-electron chi connectivity index (χ4n) is 3.27. The summed E-state index contributed by atoms with van der Waals surface area (Å²) >= 11 is 0. The number of rotatable bonds is 5. The first-order valence-electron chi connectivity index (χ1n) is 8.87. The number of nitrogens with one attached hydrogen (secondary N) is 2. The van der Waals surface area contributed by atoms with Crippen molar-refractivity contribution < 1.29 is 4.39 Å². The highest BCUT2D eigenvalue weighted by molar-refractivity contribution is 5.87. The molecule has 0 bridgehead atoms. The molecule has 0 radical (unpaired) electrons. The van der Waals surface area contributed by atoms with Crippen molar-refractivity contribution in [1.82, 2.24) is 24.8 Å². The summed E-state index contributed by atoms with van der Waals surface area (Å²) in [5.74, 6) is 1.01. The maximum absolute atomic E-state index is 13.9. The van der Waals surface area contributed by atoms with Crippen molar-refractivity contribution in [2.75, 3.05) is 11.1 Å². The Kier molecular flexibility index (Phi) is 3.56. The van der Waals surface area contributed by atoms with Gasteiger partial charge in [0.2, 0.25) is 5.95 Å². The number of hydrogen-bond acceptors (Lipinski definition) is 5. The number of hydrogen-bond donors (Lipinski definition) is 3. The molecule has 3 heterocycles. The standard InChI is InChI=1S/C19H18FN7/c20-14-4-2-1-3-12(14)10-22-18-17-13(7-8-27(17)26-19(21)23-18)16-9-15(24-25-16)11-5-6-11/h1-4,7-9,11H,5-6,10H2,(H,24,25)(H3,21,22,23,26). The molecule has 0 aliphatic heterocycles. The first-order valence-corrected chi connectivity index (χ1v) is 8.87. The molecule has 1 saturated carbocycles. The van der Waals surface area contributed by atoms with E-state index in [2.05, 4.69) is 31.7 Å². The lowest BCUT2D eigenvalue weighted by molar-refractivity contribution is 0.613. The zero-order valence-corrected chi connectivity index (χ0v) is 14.5. The summed E-state index contributed by atoms with van der Waals surface area (Å²) in [5, 5.41) is 15.0. The van der Waals surface area contributed by atoms with Crippen molar-refractivity contribution in [3.63, 3.8) is 0 Å². The van der Waals surface area contributed by atoms with Crippen LogP contribution in [0.2, 0.25) is 0 Å². The number of nitrogens with two attached hydrogens (primary N) is 1. The number of nitrogens with zero attached hydrogens (tertiary/aromatic N) is 4. The zero-order valence-electron chi connectivity index (χ0n) is 14.5. The van der Waals surface area contributed by atoms with Crippen molar-refractivity contribution >= 4 is 17.3 Å². The van der Waals surface area contributed by atoms with Crippen molar-refractivity contribution in [3.8, 4) is 11.3 Å². The summed E-state index contributed by atoms with van der Waals surface area (Å²) in [4.78, 5) is 4.33. The van der Waals surface area contributed by atoms with Crippen LogP contribution >= 0.6 is 0 Å². The fraction of sp³-hybridized carbons (Fsp3) is 0.211. The van der Waals surface area contributed by atoms with Crippen LogP contribution in [0, 0.1) is 5.82 Å². The lowest BCUT2D eigenvalue weighted by Gasteiger charge is -2.10. The normalized spacial score (nSPS) is 14.0. The molecule has 0 unspecified atom stereocenters. The summed E-state index contributed by atoms with van der Waals surface area (Å²) in [6.45, 7) is 0.289. The summed E-state index contributed by atoms with van der Waals surface area (Å²) in [6, 6.07) is 10.6. The van der Waals surface area contributed by atoms with Crippen LogP contribution in [0.3, 0.4) is 0 Å². The van der Waals surface area contributed by atoms with E-state index in [1.165, 1.54) is 18.9 Å². The fourth-order valence-corrected chi connectivity index (χ4v) is 3.27. The first kappa shape index (κ1) is 15.8. The highest BCUT2D eigenvalue weighted by atomic mass is 19.1. The minimum atomic E-state index is -0.264. The van der Waals surface area contributed by atoms with Crippen molar-refractivity contribution in [2.45, 2.75) is 25.3 Å². The Labute approximate surface area is 154 Å². The van der Waals surface area contributed by atoms with Crippen molar-refractivity contribution in [2.24, 2.45) is 0 Å². The number of benzene rings is 1. The van der Waals surface area contributed by atoms with Gasteiger partial charge < -0.3 is 11.1 Å². The average Bonchev–Trinajstić information content (AvgIpc) is 3.24. The molecule has 4 N–H and O–H groups in total. The molecular formula is C19H18FN7. The maximum Gasteiger partial charge on any atom is 0.240 e. The molecule has 0 spiro atoms. The van der Waals surface area contributed by atoms with Gasteiger partial charge in [0.15, 0.2) is 5.82 Å². The minimum absolute atomic E-state index is 0.140. The predicted octanol–water partition coefficient (Wildman–Crippen LogP) is 3.33. The molecule has 1 fully saturated rings. The topological polar surface area (TPSA) is 96.9 Å². The van der Waals surface area contributed by atoms with Gasteiger partial charge in [0.1, 0.15) is 11.3 Å². The molecule has 0 amide bonds. The Hall–Kier alpha value is -3.42. The minimum Gasteiger partial charge on any atom is -0.366 e. The molecule has 8 heteroatoms. The van der Waals surface area contributed by atoms with E-state index >= 15 is 0 Å². The van der Waals surface area contributed by atoms with Gasteiger partial charge in [-0.2, -0.15) is 10.1 Å². The monoisotopic (exact) mass is 363 g/mol. The van der Waals surface area contributed by atoms with E-state index in [-0.39, 0.29) is 18.3 Å². The number of anilines is 2. The van der Waals surface area contributed by atoms with E-state index in [1.54, 1.807) is 22.7 Å². The summed E-state index contributed by atoms with van der Waals surface area (Å²) in [5.41, 5.74) is 10.0. The average molecular weight is 363 g/mol. The summed E-state index contributed by atoms with van der Waals surface area (Å²) < 4.78 is 15.6. The second-order valence-corrected chi connectivity index (χ2v) is 6.77. The molecule has 27 heavy (non-hydrogen) atoms. The molecule has 1 aliphatic carbocycles. The van der Waals surface area contributed by atoms with Gasteiger partial charge in [-0.05, 0) is 31.0 Å². The van der Waals surface area contributed by atoms with Crippen LogP contribution in [0.4, 0.5) is 16.2 Å². The van der Waals surface area contributed by atoms with Crippen LogP contribution in [0.25, 0.3) is 16.8 Å². The van der Waals surface area contributed by atoms with Crippen LogP contribution in [0.15, 0.2) is 42.6 Å². The number of fused-ring (bicyclic) bond motifs is 1. The molecule has 1 aliphatic rings. The second-order valence-electron chi connectivity index (χ2n) is 6.77. The molecule has 5 rings (SSSR count). The molecular weight excluding hydrogens is 345 g/mol. The van der Waals surface area contributed by atoms with Gasteiger partial charge in [0, 0.05) is 35.5 Å². The SMILES string of the molecule is Nc1nc(NCc2ccccc2F)c2c(-c3cc(C4CC4)[nH]n3)ccn2n1. The molecule has 4 aromatic rings. The number of aromatic nitrogens is 5. The van der Waals surface area contributed by atoms with Gasteiger partial charge in [-0.1, -0.05) is 18.2 Å². The van der Waals surface area contributed by atoms with E-state index in [0.29, 0.717) is 17.3 Å². The van der Waals surface area contributed by atoms with Crippen LogP contribution in [0.1, 0.15) is 30.0 Å². The summed E-state index contributed by atoms with van der Waals surface area (Å²) in [7, 11) is 0. The van der Waals surface area contributed by atoms with E-state index in [4.69, 9.17) is 5.73 Å². The van der Waals surface area contributed by atoms with Crippen LogP contribution < -0.4 is 11.1 Å². The zero-order chi connectivity index (χ0) is 18.4. The second kappa shape index (κ2) is 6.08. The Balaban J connectivity index is 1.54. The number of nitrogen functional groups attached to an aromatic ring is 1. The molecule has 1 aromatic carbocycles. The van der Waals surface area contributed by atoms with E-state index in [1.807, 2.05) is 12.3 Å². The van der Waals surface area contributed by atoms with E-state index in [0.717, 1.165) is 22.5 Å². The maximum atomic E-state index is 13.9. The largest absolute Gasteiger partial charge is 0.366 e. The predicted molar refractivity (Wildman–Crippen MR) is 101 cm³/mol. The molecule has 0 atom stereocenters. The lowest BCUT2D eigenvalue weighted by Crippen LogP contribution is -2.09. The van der Waals surface area contributed by atoms with Crippen molar-refractivity contribution in [3.05, 3.63) is 59.7 Å². The third-order valence-corrected chi connectivity index (χ3v) is 4.82. The first-order chi connectivity index (χ1) is 13.2. The van der Waals surface area contributed by atoms with Gasteiger partial charge in [0.05, 0.1) is 5.69 Å². The number of aromatic amines is 1. The summed E-state index contributed by atoms with van der Waals surface area (Å²) in [6.07, 6.45) is 4.23. The Morgan fingerprint density at radius 1 is 1.26 bits per heavy atom. The Morgan fingerprint density at radius 2 is 2.11 bits per heavy atom. The Bertz CT molecular complexity index is 1130. The third kappa shape index (κ3) is 2.88. The molecule has 0 saturated heterocycles. The van der Waals surface area contributed by atoms with Gasteiger partial charge in [-0.15, -0.1) is 5.10 Å². The lowest BCUT2D eigenvalue weighted by atomic mass is 10.1. The smallest absolute Gasteiger partial charge is 0.240 e. The Morgan fingerprint density at radius 3 is 2.93 bits per heavy atom. The molecule has 7 nitrogen and oxygen atoms in total. The third-order valence-electron chi connectivity index (χ3n) is 4.82. The van der Waals surface area contributed by atoms with Gasteiger partial charge in [-0.25, -0.2) is 8.91 Å². The van der Waals surface area contributed by atoms with E-state index in [9.17, 15) is 4.39 Å². The van der Waals surface area contributed by atoms with E-state index < -0.39 is 0 Å². The van der Waals surface area contributed by atoms with Gasteiger partial charge in [0.25, 0.3) is 0 Å². The van der Waals surface area contributed by atoms with Crippen LogP contribution in [0.5, 0.6) is 0 Å². The van der Waals surface area contributed by atoms with Gasteiger partial charge in [-0.3, -0.25) is 5.10 Å². The van der Waals surface area contributed by atoms with Gasteiger partial charge >= 0.3 is 0 Å². The number of halogens is 1. The van der Waals surface area contributed by atoms with Crippen LogP contribution in [-0.4, -0.2) is 24.8 Å². The highest BCUT2D eigenvalue weighted by Crippen LogP contribution is 2.40. The molecule has 136 valence electrons. The number of H-pyrrole nitrogens is 1. The van der Waals surface area contributed by atoms with Crippen molar-refractivity contribution in [1.29, 1.82) is 0 Å².